The van der Waals surface area contributed by atoms with Crippen LogP contribution in [-0.2, 0) is 11.8 Å². The molecule has 6 heteroatoms. The lowest BCUT2D eigenvalue weighted by molar-refractivity contribution is -0.122. The van der Waals surface area contributed by atoms with Gasteiger partial charge in [0.05, 0.1) is 19.3 Å². The van der Waals surface area contributed by atoms with Crippen LogP contribution in [0.5, 0.6) is 5.75 Å². The molecule has 0 aliphatic carbocycles. The molecule has 1 unspecified atom stereocenters. The average molecular weight is 342 g/mol. The van der Waals surface area contributed by atoms with Gasteiger partial charge in [0.15, 0.2) is 0 Å². The SMILES string of the molecule is Cc1cccc(OCCNC(=O)CN2CCCC2c2cnn(C)c2)c1. The molecule has 3 rings (SSSR count). The second-order valence-electron chi connectivity index (χ2n) is 6.59. The molecular formula is C19H26N4O2. The molecule has 1 atom stereocenters. The first kappa shape index (κ1) is 17.5. The molecule has 2 aromatic rings. The maximum Gasteiger partial charge on any atom is 0.234 e. The van der Waals surface area contributed by atoms with Gasteiger partial charge >= 0.3 is 0 Å². The Hall–Kier alpha value is -2.34. The molecule has 1 aliphatic rings. The molecule has 1 saturated heterocycles. The third-order valence-corrected chi connectivity index (χ3v) is 4.50. The van der Waals surface area contributed by atoms with E-state index >= 15 is 0 Å². The first-order chi connectivity index (χ1) is 12.1. The number of rotatable bonds is 7. The predicted octanol–water partition coefficient (Wildman–Crippen LogP) is 2.06. The Morgan fingerprint density at radius 1 is 1.44 bits per heavy atom. The smallest absolute Gasteiger partial charge is 0.234 e. The Morgan fingerprint density at radius 3 is 3.08 bits per heavy atom. The van der Waals surface area contributed by atoms with Gasteiger partial charge in [-0.25, -0.2) is 0 Å². The van der Waals surface area contributed by atoms with E-state index in [1.807, 2.05) is 55.3 Å². The molecule has 1 fully saturated rings. The zero-order chi connectivity index (χ0) is 17.6. The number of amides is 1. The molecule has 1 aromatic carbocycles. The molecular weight excluding hydrogens is 316 g/mol. The van der Waals surface area contributed by atoms with E-state index in [0.717, 1.165) is 30.7 Å². The Labute approximate surface area is 148 Å². The van der Waals surface area contributed by atoms with Crippen molar-refractivity contribution in [2.75, 3.05) is 26.2 Å². The van der Waals surface area contributed by atoms with Gasteiger partial charge in [-0.2, -0.15) is 5.10 Å². The molecule has 0 spiro atoms. The molecule has 1 amide bonds. The molecule has 1 N–H and O–H groups in total. The number of aryl methyl sites for hydroxylation is 2. The second-order valence-corrected chi connectivity index (χ2v) is 6.59. The highest BCUT2D eigenvalue weighted by Gasteiger charge is 2.28. The van der Waals surface area contributed by atoms with Crippen molar-refractivity contribution >= 4 is 5.91 Å². The fourth-order valence-electron chi connectivity index (χ4n) is 3.31. The number of ether oxygens (including phenoxy) is 1. The standard InChI is InChI=1S/C19H26N4O2/c1-15-5-3-6-17(11-15)25-10-8-20-19(24)14-23-9-4-7-18(23)16-12-21-22(2)13-16/h3,5-6,11-13,18H,4,7-10,14H2,1-2H3,(H,20,24). The molecule has 0 radical (unpaired) electrons. The minimum Gasteiger partial charge on any atom is -0.492 e. The van der Waals surface area contributed by atoms with Gasteiger partial charge in [-0.15, -0.1) is 0 Å². The van der Waals surface area contributed by atoms with Crippen LogP contribution in [0, 0.1) is 6.92 Å². The van der Waals surface area contributed by atoms with E-state index in [0.29, 0.717) is 25.7 Å². The van der Waals surface area contributed by atoms with Crippen molar-refractivity contribution < 1.29 is 9.53 Å². The minimum absolute atomic E-state index is 0.0450. The average Bonchev–Trinajstić information content (AvgIpc) is 3.20. The van der Waals surface area contributed by atoms with Crippen LogP contribution in [0.1, 0.15) is 30.0 Å². The Kier molecular flexibility index (Phi) is 5.71. The van der Waals surface area contributed by atoms with Crippen molar-refractivity contribution in [3.8, 4) is 5.75 Å². The first-order valence-corrected chi connectivity index (χ1v) is 8.80. The van der Waals surface area contributed by atoms with Gasteiger partial charge in [0.2, 0.25) is 5.91 Å². The van der Waals surface area contributed by atoms with E-state index in [4.69, 9.17) is 4.74 Å². The van der Waals surface area contributed by atoms with E-state index in [1.165, 1.54) is 5.56 Å². The van der Waals surface area contributed by atoms with Crippen LogP contribution in [0.15, 0.2) is 36.7 Å². The van der Waals surface area contributed by atoms with Gasteiger partial charge in [0.25, 0.3) is 0 Å². The van der Waals surface area contributed by atoms with Gasteiger partial charge in [-0.05, 0) is 44.0 Å². The van der Waals surface area contributed by atoms with Crippen LogP contribution in [0.2, 0.25) is 0 Å². The highest BCUT2D eigenvalue weighted by atomic mass is 16.5. The summed E-state index contributed by atoms with van der Waals surface area (Å²) in [5.41, 5.74) is 2.35. The Balaban J connectivity index is 1.41. The topological polar surface area (TPSA) is 59.4 Å². The number of nitrogens with one attached hydrogen (secondary N) is 1. The molecule has 2 heterocycles. The van der Waals surface area contributed by atoms with Crippen molar-refractivity contribution in [2.24, 2.45) is 7.05 Å². The summed E-state index contributed by atoms with van der Waals surface area (Å²) in [4.78, 5) is 14.4. The van der Waals surface area contributed by atoms with Crippen molar-refractivity contribution in [1.29, 1.82) is 0 Å². The van der Waals surface area contributed by atoms with Crippen molar-refractivity contribution in [1.82, 2.24) is 20.0 Å². The summed E-state index contributed by atoms with van der Waals surface area (Å²) in [5.74, 6) is 0.883. The quantitative estimate of drug-likeness (QED) is 0.783. The number of carbonyl (C=O) groups excluding carboxylic acids is 1. The zero-order valence-corrected chi connectivity index (χ0v) is 14.9. The number of carbonyl (C=O) groups is 1. The highest BCUT2D eigenvalue weighted by molar-refractivity contribution is 5.78. The summed E-state index contributed by atoms with van der Waals surface area (Å²) in [7, 11) is 1.92. The van der Waals surface area contributed by atoms with Gasteiger partial charge in [0.1, 0.15) is 12.4 Å². The third kappa shape index (κ3) is 4.82. The van der Waals surface area contributed by atoms with Crippen LogP contribution in [0.3, 0.4) is 0 Å². The first-order valence-electron chi connectivity index (χ1n) is 8.80. The van der Waals surface area contributed by atoms with Crippen molar-refractivity contribution in [3.05, 3.63) is 47.8 Å². The molecule has 6 nitrogen and oxygen atoms in total. The maximum absolute atomic E-state index is 12.2. The Morgan fingerprint density at radius 2 is 2.32 bits per heavy atom. The molecule has 0 saturated carbocycles. The van der Waals surface area contributed by atoms with Gasteiger partial charge in [-0.1, -0.05) is 12.1 Å². The molecule has 1 aromatic heterocycles. The van der Waals surface area contributed by atoms with Crippen LogP contribution < -0.4 is 10.1 Å². The Bertz CT molecular complexity index is 713. The lowest BCUT2D eigenvalue weighted by Crippen LogP contribution is -2.38. The summed E-state index contributed by atoms with van der Waals surface area (Å²) in [6.07, 6.45) is 6.13. The van der Waals surface area contributed by atoms with Gasteiger partial charge in [0, 0.05) is 24.8 Å². The predicted molar refractivity (Wildman–Crippen MR) is 96.4 cm³/mol. The summed E-state index contributed by atoms with van der Waals surface area (Å²) >= 11 is 0. The molecule has 134 valence electrons. The largest absolute Gasteiger partial charge is 0.492 e. The summed E-state index contributed by atoms with van der Waals surface area (Å²) in [6.45, 7) is 4.39. The van der Waals surface area contributed by atoms with E-state index in [-0.39, 0.29) is 5.91 Å². The van der Waals surface area contributed by atoms with E-state index < -0.39 is 0 Å². The second kappa shape index (κ2) is 8.16. The fraction of sp³-hybridized carbons (Fsp3) is 0.474. The monoisotopic (exact) mass is 342 g/mol. The van der Waals surface area contributed by atoms with Gasteiger partial charge in [-0.3, -0.25) is 14.4 Å². The minimum atomic E-state index is 0.0450. The summed E-state index contributed by atoms with van der Waals surface area (Å²) < 4.78 is 7.48. The maximum atomic E-state index is 12.2. The van der Waals surface area contributed by atoms with Crippen molar-refractivity contribution in [2.45, 2.75) is 25.8 Å². The molecule has 0 bridgehead atoms. The van der Waals surface area contributed by atoms with Gasteiger partial charge < -0.3 is 10.1 Å². The molecule has 25 heavy (non-hydrogen) atoms. The van der Waals surface area contributed by atoms with Crippen LogP contribution >= 0.6 is 0 Å². The molecule has 1 aliphatic heterocycles. The van der Waals surface area contributed by atoms with E-state index in [2.05, 4.69) is 15.3 Å². The summed E-state index contributed by atoms with van der Waals surface area (Å²) in [5, 5.41) is 7.19. The number of likely N-dealkylation sites (tertiary alicyclic amines) is 1. The fourth-order valence-corrected chi connectivity index (χ4v) is 3.31. The number of hydrogen-bond acceptors (Lipinski definition) is 4. The summed E-state index contributed by atoms with van der Waals surface area (Å²) in [6, 6.07) is 8.21. The highest BCUT2D eigenvalue weighted by Crippen LogP contribution is 2.30. The number of hydrogen-bond donors (Lipinski definition) is 1. The lowest BCUT2D eigenvalue weighted by Gasteiger charge is -2.22. The zero-order valence-electron chi connectivity index (χ0n) is 14.9. The van der Waals surface area contributed by atoms with Crippen LogP contribution in [0.25, 0.3) is 0 Å². The van der Waals surface area contributed by atoms with E-state index in [1.54, 1.807) is 0 Å². The number of benzene rings is 1. The lowest BCUT2D eigenvalue weighted by atomic mass is 10.1. The van der Waals surface area contributed by atoms with Crippen LogP contribution in [-0.4, -0.2) is 46.8 Å². The third-order valence-electron chi connectivity index (χ3n) is 4.50. The number of aromatic nitrogens is 2. The van der Waals surface area contributed by atoms with Crippen LogP contribution in [0.4, 0.5) is 0 Å². The normalized spacial score (nSPS) is 17.6. The van der Waals surface area contributed by atoms with Crippen molar-refractivity contribution in [3.63, 3.8) is 0 Å². The number of nitrogens with zero attached hydrogens (tertiary/aromatic N) is 3. The van der Waals surface area contributed by atoms with E-state index in [9.17, 15) is 4.79 Å².